The molecule has 23 heavy (non-hydrogen) atoms. The van der Waals surface area contributed by atoms with Crippen LogP contribution in [0.25, 0.3) is 0 Å². The largest absolute Gasteiger partial charge is 0.516 e. The number of alkyl halides is 3. The Kier molecular flexibility index (Phi) is 4.85. The minimum Gasteiger partial charge on any atom is -0.367 e. The third kappa shape index (κ3) is 3.94. The summed E-state index contributed by atoms with van der Waals surface area (Å²) in [5, 5.41) is 0. The zero-order chi connectivity index (χ0) is 17.3. The topological polar surface area (TPSA) is 75.7 Å². The number of nitrogens with one attached hydrogen (secondary N) is 1. The van der Waals surface area contributed by atoms with Crippen LogP contribution >= 0.6 is 0 Å². The van der Waals surface area contributed by atoms with E-state index in [-0.39, 0.29) is 30.2 Å². The van der Waals surface area contributed by atoms with E-state index in [0.717, 1.165) is 0 Å². The van der Waals surface area contributed by atoms with Crippen molar-refractivity contribution in [2.24, 2.45) is 0 Å². The van der Waals surface area contributed by atoms with E-state index in [1.807, 2.05) is 0 Å². The highest BCUT2D eigenvalue weighted by molar-refractivity contribution is 7.93. The Hall–Kier alpha value is -1.81. The van der Waals surface area contributed by atoms with E-state index in [1.165, 1.54) is 27.8 Å². The van der Waals surface area contributed by atoms with Crippen LogP contribution in [0.1, 0.15) is 12.5 Å². The minimum absolute atomic E-state index is 0.0108. The number of anilines is 1. The summed E-state index contributed by atoms with van der Waals surface area (Å²) < 4.78 is 66.6. The lowest BCUT2D eigenvalue weighted by molar-refractivity contribution is -0.151. The first kappa shape index (κ1) is 17.5. The highest BCUT2D eigenvalue weighted by atomic mass is 32.2. The second-order valence-electron chi connectivity index (χ2n) is 4.98. The molecule has 10 heteroatoms. The van der Waals surface area contributed by atoms with Gasteiger partial charge in [0.1, 0.15) is 6.10 Å². The van der Waals surface area contributed by atoms with Gasteiger partial charge in [-0.15, -0.1) is 0 Å². The molecule has 1 amide bonds. The van der Waals surface area contributed by atoms with Gasteiger partial charge in [-0.25, -0.2) is 0 Å². The predicted octanol–water partition coefficient (Wildman–Crippen LogP) is 1.70. The van der Waals surface area contributed by atoms with Crippen molar-refractivity contribution in [3.05, 3.63) is 29.8 Å². The molecule has 0 radical (unpaired) electrons. The number of sulfonamides is 1. The van der Waals surface area contributed by atoms with Gasteiger partial charge in [-0.2, -0.15) is 21.6 Å². The number of carbonyl (C=O) groups excluding carboxylic acids is 1. The van der Waals surface area contributed by atoms with E-state index >= 15 is 0 Å². The van der Waals surface area contributed by atoms with E-state index < -0.39 is 21.6 Å². The van der Waals surface area contributed by atoms with Gasteiger partial charge in [0.2, 0.25) is 0 Å². The first-order chi connectivity index (χ1) is 10.6. The molecule has 0 spiro atoms. The zero-order valence-electron chi connectivity index (χ0n) is 12.1. The molecule has 1 atom stereocenters. The summed E-state index contributed by atoms with van der Waals surface area (Å²) in [4.78, 5) is 13.4. The monoisotopic (exact) mass is 352 g/mol. The van der Waals surface area contributed by atoms with Crippen molar-refractivity contribution in [1.29, 1.82) is 0 Å². The molecule has 1 saturated heterocycles. The van der Waals surface area contributed by atoms with Gasteiger partial charge in [-0.05, 0) is 18.6 Å². The van der Waals surface area contributed by atoms with Crippen molar-refractivity contribution in [3.63, 3.8) is 0 Å². The van der Waals surface area contributed by atoms with Crippen LogP contribution in [-0.2, 0) is 26.1 Å². The molecule has 1 N–H and O–H groups in total. The normalized spacial score (nSPS) is 19.7. The Morgan fingerprint density at radius 1 is 1.35 bits per heavy atom. The molecule has 1 aliphatic heterocycles. The van der Waals surface area contributed by atoms with Gasteiger partial charge in [0, 0.05) is 13.1 Å². The summed E-state index contributed by atoms with van der Waals surface area (Å²) >= 11 is 0. The Morgan fingerprint density at radius 2 is 2.00 bits per heavy atom. The van der Waals surface area contributed by atoms with Crippen molar-refractivity contribution >= 4 is 21.6 Å². The fourth-order valence-electron chi connectivity index (χ4n) is 2.10. The van der Waals surface area contributed by atoms with Gasteiger partial charge >= 0.3 is 15.5 Å². The molecule has 6 nitrogen and oxygen atoms in total. The van der Waals surface area contributed by atoms with Crippen LogP contribution in [0.5, 0.6) is 0 Å². The second kappa shape index (κ2) is 6.36. The van der Waals surface area contributed by atoms with Crippen LogP contribution in [0.2, 0.25) is 0 Å². The maximum absolute atomic E-state index is 12.5. The van der Waals surface area contributed by atoms with Crippen molar-refractivity contribution in [2.45, 2.75) is 25.1 Å². The summed E-state index contributed by atoms with van der Waals surface area (Å²) in [5.41, 5.74) is -5.36. The Morgan fingerprint density at radius 3 is 2.65 bits per heavy atom. The van der Waals surface area contributed by atoms with Crippen LogP contribution in [0.15, 0.2) is 24.3 Å². The van der Waals surface area contributed by atoms with Gasteiger partial charge in [-0.3, -0.25) is 9.52 Å². The Labute approximate surface area is 131 Å². The molecular formula is C13H15F3N2O4S. The maximum Gasteiger partial charge on any atom is 0.516 e. The molecule has 1 fully saturated rings. The van der Waals surface area contributed by atoms with E-state index in [2.05, 4.69) is 0 Å². The van der Waals surface area contributed by atoms with Crippen molar-refractivity contribution in [3.8, 4) is 0 Å². The van der Waals surface area contributed by atoms with E-state index in [4.69, 9.17) is 4.74 Å². The van der Waals surface area contributed by atoms with Crippen molar-refractivity contribution in [2.75, 3.05) is 17.9 Å². The average Bonchev–Trinajstić information content (AvgIpc) is 2.44. The highest BCUT2D eigenvalue weighted by Crippen LogP contribution is 2.27. The Bertz CT molecular complexity index is 691. The van der Waals surface area contributed by atoms with E-state index in [1.54, 1.807) is 13.0 Å². The zero-order valence-corrected chi connectivity index (χ0v) is 12.9. The molecule has 1 unspecified atom stereocenters. The number of amides is 1. The van der Waals surface area contributed by atoms with Gasteiger partial charge in [0.05, 0.1) is 12.3 Å². The van der Waals surface area contributed by atoms with Gasteiger partial charge < -0.3 is 9.64 Å². The van der Waals surface area contributed by atoms with Crippen LogP contribution in [0.4, 0.5) is 18.9 Å². The fourth-order valence-corrected chi connectivity index (χ4v) is 2.71. The highest BCUT2D eigenvalue weighted by Gasteiger charge is 2.46. The molecule has 0 aromatic heterocycles. The number of nitrogens with zero attached hydrogens (tertiary/aromatic N) is 1. The first-order valence-corrected chi connectivity index (χ1v) is 8.17. The van der Waals surface area contributed by atoms with Crippen LogP contribution < -0.4 is 4.72 Å². The van der Waals surface area contributed by atoms with Crippen LogP contribution in [-0.4, -0.2) is 44.0 Å². The molecule has 1 aromatic carbocycles. The first-order valence-electron chi connectivity index (χ1n) is 6.69. The summed E-state index contributed by atoms with van der Waals surface area (Å²) in [6, 6.07) is 5.63. The van der Waals surface area contributed by atoms with E-state index in [9.17, 15) is 26.4 Å². The standard InChI is InChI=1S/C13H15F3N2O4S/c1-9-12(19)18(6-7-22-9)8-10-4-2-3-5-11(10)17-23(20,21)13(14,15)16/h2-5,9,17H,6-8H2,1H3. The summed E-state index contributed by atoms with van der Waals surface area (Å²) in [5.74, 6) is -0.301. The molecule has 2 rings (SSSR count). The lowest BCUT2D eigenvalue weighted by Gasteiger charge is -2.31. The molecule has 1 aliphatic rings. The fraction of sp³-hybridized carbons (Fsp3) is 0.462. The van der Waals surface area contributed by atoms with E-state index in [0.29, 0.717) is 6.61 Å². The lowest BCUT2D eigenvalue weighted by Crippen LogP contribution is -2.46. The third-order valence-corrected chi connectivity index (χ3v) is 4.41. The lowest BCUT2D eigenvalue weighted by atomic mass is 10.1. The molecule has 1 heterocycles. The summed E-state index contributed by atoms with van der Waals surface area (Å²) in [6.45, 7) is 2.16. The third-order valence-electron chi connectivity index (χ3n) is 3.32. The van der Waals surface area contributed by atoms with Crippen LogP contribution in [0, 0.1) is 0 Å². The molecule has 0 aliphatic carbocycles. The molecule has 0 bridgehead atoms. The van der Waals surface area contributed by atoms with Gasteiger partial charge in [0.25, 0.3) is 5.91 Å². The second-order valence-corrected chi connectivity index (χ2v) is 6.66. The number of halogens is 3. The number of carbonyl (C=O) groups is 1. The number of para-hydroxylation sites is 1. The number of hydrogen-bond acceptors (Lipinski definition) is 4. The van der Waals surface area contributed by atoms with Crippen molar-refractivity contribution < 1.29 is 31.1 Å². The smallest absolute Gasteiger partial charge is 0.367 e. The number of ether oxygens (including phenoxy) is 1. The molecular weight excluding hydrogens is 337 g/mol. The van der Waals surface area contributed by atoms with Gasteiger partial charge in [0.15, 0.2) is 0 Å². The molecule has 128 valence electrons. The number of benzene rings is 1. The SMILES string of the molecule is CC1OCCN(Cc2ccccc2NS(=O)(=O)C(F)(F)F)C1=O. The van der Waals surface area contributed by atoms with Crippen molar-refractivity contribution in [1.82, 2.24) is 4.90 Å². The van der Waals surface area contributed by atoms with Gasteiger partial charge in [-0.1, -0.05) is 18.2 Å². The molecule has 1 aromatic rings. The Balaban J connectivity index is 2.23. The summed E-state index contributed by atoms with van der Waals surface area (Å²) in [6.07, 6.45) is -0.636. The minimum atomic E-state index is -5.52. The predicted molar refractivity (Wildman–Crippen MR) is 75.9 cm³/mol. The average molecular weight is 352 g/mol. The maximum atomic E-state index is 12.5. The number of hydrogen-bond donors (Lipinski definition) is 1. The summed E-state index contributed by atoms with van der Waals surface area (Å²) in [7, 11) is -5.52. The molecule has 0 saturated carbocycles. The number of rotatable bonds is 4. The van der Waals surface area contributed by atoms with Crippen LogP contribution in [0.3, 0.4) is 0 Å². The number of morpholine rings is 1. The quantitative estimate of drug-likeness (QED) is 0.895.